The molecule has 1 aromatic heterocycles. The summed E-state index contributed by atoms with van der Waals surface area (Å²) in [5.41, 5.74) is 5.16. The van der Waals surface area contributed by atoms with Gasteiger partial charge in [-0.1, -0.05) is 87.4 Å². The van der Waals surface area contributed by atoms with Crippen LogP contribution in [0.3, 0.4) is 0 Å². The Morgan fingerprint density at radius 2 is 1.62 bits per heavy atom. The van der Waals surface area contributed by atoms with Gasteiger partial charge >= 0.3 is 0 Å². The molecular weight excluding hydrogens is 654 g/mol. The zero-order chi connectivity index (χ0) is 36.8. The van der Waals surface area contributed by atoms with Crippen LogP contribution in [0.25, 0.3) is 16.5 Å². The highest BCUT2D eigenvalue weighted by Gasteiger charge is 2.33. The number of rotatable bonds is 14. The standard InChI is InChI=1S/C42H49N5O5/c1-5-7-21-45(22-8-6-2)42(51)36-23-28(3)47(44-36)37-20-19-34(26-35(37)41(50)46-27-33-16-12-11-15-31(33)25-38(46)48)43-40(49)39(52-4)32-18-17-29-13-9-10-14-30(29)24-32/h9-20,23-24,26,38-39,41,48,50H,5-8,21-22,25,27H2,1-4H3,(H,43,49)/t38-,39-,41?/m1/s1. The van der Waals surface area contributed by atoms with Crippen molar-refractivity contribution in [3.63, 3.8) is 0 Å². The number of aryl methyl sites for hydroxylation is 1. The first kappa shape index (κ1) is 36.9. The van der Waals surface area contributed by atoms with Gasteiger partial charge in [0.25, 0.3) is 11.8 Å². The van der Waals surface area contributed by atoms with Crippen LogP contribution in [0.1, 0.15) is 90.3 Å². The van der Waals surface area contributed by atoms with E-state index in [1.165, 1.54) is 7.11 Å². The Morgan fingerprint density at radius 1 is 0.923 bits per heavy atom. The molecule has 4 aromatic carbocycles. The van der Waals surface area contributed by atoms with E-state index < -0.39 is 18.6 Å². The molecule has 0 fully saturated rings. The smallest absolute Gasteiger partial charge is 0.274 e. The molecule has 52 heavy (non-hydrogen) atoms. The maximum atomic E-state index is 13.7. The summed E-state index contributed by atoms with van der Waals surface area (Å²) < 4.78 is 7.35. The first-order chi connectivity index (χ1) is 25.2. The Morgan fingerprint density at radius 3 is 2.33 bits per heavy atom. The molecule has 2 amide bonds. The second kappa shape index (κ2) is 16.6. The van der Waals surface area contributed by atoms with Gasteiger partial charge in [-0.3, -0.25) is 9.59 Å². The molecule has 0 bridgehead atoms. The van der Waals surface area contributed by atoms with Crippen molar-refractivity contribution >= 4 is 28.3 Å². The molecular formula is C42H49N5O5. The minimum atomic E-state index is -1.28. The van der Waals surface area contributed by atoms with Gasteiger partial charge in [0.2, 0.25) is 0 Å². The van der Waals surface area contributed by atoms with Crippen LogP contribution in [-0.4, -0.2) is 68.0 Å². The molecule has 272 valence electrons. The van der Waals surface area contributed by atoms with E-state index in [0.29, 0.717) is 59.9 Å². The van der Waals surface area contributed by atoms with Gasteiger partial charge in [0.05, 0.1) is 5.69 Å². The van der Waals surface area contributed by atoms with Crippen LogP contribution >= 0.6 is 0 Å². The molecule has 3 N–H and O–H groups in total. The number of nitrogens with zero attached hydrogens (tertiary/aromatic N) is 4. The van der Waals surface area contributed by atoms with Gasteiger partial charge < -0.3 is 25.2 Å². The Balaban J connectivity index is 1.35. The number of amides is 2. The highest BCUT2D eigenvalue weighted by molar-refractivity contribution is 5.96. The van der Waals surface area contributed by atoms with Crippen molar-refractivity contribution in [2.75, 3.05) is 25.5 Å². The van der Waals surface area contributed by atoms with Crippen LogP contribution in [-0.2, 0) is 22.5 Å². The molecule has 10 nitrogen and oxygen atoms in total. The van der Waals surface area contributed by atoms with Crippen LogP contribution in [0.4, 0.5) is 5.69 Å². The summed E-state index contributed by atoms with van der Waals surface area (Å²) in [5.74, 6) is -0.502. The number of hydrogen-bond donors (Lipinski definition) is 3. The van der Waals surface area contributed by atoms with E-state index >= 15 is 0 Å². The summed E-state index contributed by atoms with van der Waals surface area (Å²) in [4.78, 5) is 31.0. The van der Waals surface area contributed by atoms with Crippen molar-refractivity contribution in [3.8, 4) is 5.69 Å². The highest BCUT2D eigenvalue weighted by atomic mass is 16.5. The lowest BCUT2D eigenvalue weighted by molar-refractivity contribution is -0.126. The fourth-order valence-electron chi connectivity index (χ4n) is 6.96. The first-order valence-corrected chi connectivity index (χ1v) is 18.2. The number of benzene rings is 4. The molecule has 2 heterocycles. The molecule has 0 spiro atoms. The molecule has 1 aliphatic heterocycles. The van der Waals surface area contributed by atoms with Gasteiger partial charge in [-0.05, 0) is 77.6 Å². The second-order valence-corrected chi connectivity index (χ2v) is 13.6. The average molecular weight is 704 g/mol. The van der Waals surface area contributed by atoms with Crippen molar-refractivity contribution in [3.05, 3.63) is 125 Å². The van der Waals surface area contributed by atoms with Crippen molar-refractivity contribution in [2.24, 2.45) is 0 Å². The summed E-state index contributed by atoms with van der Waals surface area (Å²) in [6.07, 6.45) is 1.01. The monoisotopic (exact) mass is 703 g/mol. The van der Waals surface area contributed by atoms with Crippen molar-refractivity contribution in [1.29, 1.82) is 0 Å². The van der Waals surface area contributed by atoms with Crippen LogP contribution in [0.15, 0.2) is 91.0 Å². The van der Waals surface area contributed by atoms with E-state index in [4.69, 9.17) is 9.84 Å². The quantitative estimate of drug-likeness (QED) is 0.113. The van der Waals surface area contributed by atoms with Crippen molar-refractivity contribution in [1.82, 2.24) is 19.6 Å². The van der Waals surface area contributed by atoms with E-state index in [9.17, 15) is 19.8 Å². The maximum absolute atomic E-state index is 13.7. The lowest BCUT2D eigenvalue weighted by Gasteiger charge is -2.37. The third-order valence-corrected chi connectivity index (χ3v) is 9.88. The minimum Gasteiger partial charge on any atom is -0.378 e. The zero-order valence-corrected chi connectivity index (χ0v) is 30.5. The number of nitrogens with one attached hydrogen (secondary N) is 1. The summed E-state index contributed by atoms with van der Waals surface area (Å²) in [5, 5.41) is 33.2. The molecule has 3 atom stereocenters. The number of carbonyl (C=O) groups is 2. The second-order valence-electron chi connectivity index (χ2n) is 13.6. The fraction of sp³-hybridized carbons (Fsp3) is 0.357. The average Bonchev–Trinajstić information content (AvgIpc) is 3.55. The number of carbonyl (C=O) groups excluding carboxylic acids is 2. The molecule has 0 aliphatic carbocycles. The van der Waals surface area contributed by atoms with E-state index in [-0.39, 0.29) is 11.8 Å². The Kier molecular flexibility index (Phi) is 11.8. The number of unbranched alkanes of at least 4 members (excludes halogenated alkanes) is 2. The predicted molar refractivity (Wildman–Crippen MR) is 203 cm³/mol. The number of ether oxygens (including phenoxy) is 1. The summed E-state index contributed by atoms with van der Waals surface area (Å²) in [7, 11) is 1.50. The molecule has 10 heteroatoms. The predicted octanol–water partition coefficient (Wildman–Crippen LogP) is 7.07. The fourth-order valence-corrected chi connectivity index (χ4v) is 6.96. The van der Waals surface area contributed by atoms with E-state index in [2.05, 4.69) is 19.2 Å². The zero-order valence-electron chi connectivity index (χ0n) is 30.5. The number of methoxy groups -OCH3 is 1. The molecule has 0 saturated heterocycles. The third-order valence-electron chi connectivity index (χ3n) is 9.88. The van der Waals surface area contributed by atoms with Crippen molar-refractivity contribution < 1.29 is 24.5 Å². The number of aromatic nitrogens is 2. The van der Waals surface area contributed by atoms with Gasteiger partial charge in [-0.25, -0.2) is 9.58 Å². The number of anilines is 1. The van der Waals surface area contributed by atoms with Gasteiger partial charge in [-0.15, -0.1) is 0 Å². The normalized spacial score (nSPS) is 15.6. The van der Waals surface area contributed by atoms with Gasteiger partial charge in [0.15, 0.2) is 11.8 Å². The van der Waals surface area contributed by atoms with Crippen LogP contribution in [0.2, 0.25) is 0 Å². The van der Waals surface area contributed by atoms with E-state index in [1.54, 1.807) is 33.8 Å². The van der Waals surface area contributed by atoms with E-state index in [0.717, 1.165) is 47.6 Å². The SMILES string of the molecule is CCCCN(CCCC)C(=O)c1cc(C)n(-c2ccc(NC(=O)[C@H](OC)c3ccc4ccccc4c3)cc2C(O)N2Cc3ccccc3C[C@H]2O)n1. The Bertz CT molecular complexity index is 2020. The Labute approximate surface area is 305 Å². The van der Waals surface area contributed by atoms with Crippen LogP contribution in [0.5, 0.6) is 0 Å². The molecule has 0 radical (unpaired) electrons. The number of aliphatic hydroxyl groups excluding tert-OH is 2. The Hall–Kier alpha value is -4.87. The van der Waals surface area contributed by atoms with Gasteiger partial charge in [-0.2, -0.15) is 5.10 Å². The third kappa shape index (κ3) is 7.95. The summed E-state index contributed by atoms with van der Waals surface area (Å²) in [6.45, 7) is 7.73. The van der Waals surface area contributed by atoms with Crippen LogP contribution in [0, 0.1) is 6.92 Å². The minimum absolute atomic E-state index is 0.128. The largest absolute Gasteiger partial charge is 0.378 e. The van der Waals surface area contributed by atoms with Crippen molar-refractivity contribution in [2.45, 2.75) is 78.0 Å². The summed E-state index contributed by atoms with van der Waals surface area (Å²) in [6, 6.07) is 28.6. The molecule has 1 unspecified atom stereocenters. The highest BCUT2D eigenvalue weighted by Crippen LogP contribution is 2.34. The summed E-state index contributed by atoms with van der Waals surface area (Å²) >= 11 is 0. The topological polar surface area (TPSA) is 120 Å². The van der Waals surface area contributed by atoms with Gasteiger partial charge in [0, 0.05) is 50.1 Å². The van der Waals surface area contributed by atoms with Crippen LogP contribution < -0.4 is 5.32 Å². The number of fused-ring (bicyclic) bond motifs is 2. The first-order valence-electron chi connectivity index (χ1n) is 18.2. The van der Waals surface area contributed by atoms with E-state index in [1.807, 2.05) is 78.6 Å². The van der Waals surface area contributed by atoms with Gasteiger partial charge in [0.1, 0.15) is 12.5 Å². The maximum Gasteiger partial charge on any atom is 0.274 e. The lowest BCUT2D eigenvalue weighted by Crippen LogP contribution is -2.42. The number of aliphatic hydroxyl groups is 2. The molecule has 0 saturated carbocycles. The molecule has 1 aliphatic rings. The molecule has 5 aromatic rings. The number of hydrogen-bond acceptors (Lipinski definition) is 7. The molecule has 6 rings (SSSR count). The lowest BCUT2D eigenvalue weighted by atomic mass is 9.97.